The minimum absolute atomic E-state index is 0.308. The van der Waals surface area contributed by atoms with Crippen LogP contribution in [0.2, 0.25) is 0 Å². The quantitative estimate of drug-likeness (QED) is 0.214. The van der Waals surface area contributed by atoms with Gasteiger partial charge in [-0.3, -0.25) is 0 Å². The maximum absolute atomic E-state index is 11.9. The number of hydrogen-bond acceptors (Lipinski definition) is 4. The Labute approximate surface area is 200 Å². The van der Waals surface area contributed by atoms with Crippen molar-refractivity contribution in [1.29, 1.82) is 0 Å². The van der Waals surface area contributed by atoms with Crippen LogP contribution >= 0.6 is 0 Å². The summed E-state index contributed by atoms with van der Waals surface area (Å²) in [6.45, 7) is 6.00. The Morgan fingerprint density at radius 1 is 0.912 bits per heavy atom. The van der Waals surface area contributed by atoms with Gasteiger partial charge in [-0.25, -0.2) is 4.79 Å². The number of esters is 1. The third-order valence-corrected chi connectivity index (χ3v) is 5.64. The van der Waals surface area contributed by atoms with Crippen LogP contribution in [0.1, 0.15) is 25.0 Å². The van der Waals surface area contributed by atoms with E-state index in [9.17, 15) is 4.79 Å². The summed E-state index contributed by atoms with van der Waals surface area (Å²) in [5, 5.41) is 2.06. The van der Waals surface area contributed by atoms with E-state index in [2.05, 4.69) is 25.1 Å². The SMILES string of the molecule is CCOC(=O)/C(C)=C/c1ccc(Oc2c(-c3ccccc3)c(C)cc3cc(OC)ccc23)cc1. The van der Waals surface area contributed by atoms with Crippen LogP contribution in [0.3, 0.4) is 0 Å². The van der Waals surface area contributed by atoms with Gasteiger partial charge in [-0.05, 0) is 79.3 Å². The average Bonchev–Trinajstić information content (AvgIpc) is 2.85. The zero-order valence-electron chi connectivity index (χ0n) is 19.9. The second kappa shape index (κ2) is 10.3. The molecule has 0 N–H and O–H groups in total. The maximum Gasteiger partial charge on any atom is 0.333 e. The lowest BCUT2D eigenvalue weighted by Gasteiger charge is -2.18. The van der Waals surface area contributed by atoms with Gasteiger partial charge in [0, 0.05) is 16.5 Å². The fraction of sp³-hybridized carbons (Fsp3) is 0.167. The molecule has 172 valence electrons. The van der Waals surface area contributed by atoms with Crippen LogP contribution < -0.4 is 9.47 Å². The number of methoxy groups -OCH3 is 1. The summed E-state index contributed by atoms with van der Waals surface area (Å²) in [5.41, 5.74) is 4.73. The van der Waals surface area contributed by atoms with Gasteiger partial charge in [-0.2, -0.15) is 0 Å². The number of carbonyl (C=O) groups is 1. The van der Waals surface area contributed by atoms with Gasteiger partial charge in [0.1, 0.15) is 17.2 Å². The Morgan fingerprint density at radius 3 is 2.29 bits per heavy atom. The first-order valence-electron chi connectivity index (χ1n) is 11.3. The largest absolute Gasteiger partial charge is 0.497 e. The summed E-state index contributed by atoms with van der Waals surface area (Å²) >= 11 is 0. The predicted molar refractivity (Wildman–Crippen MR) is 137 cm³/mol. The molecule has 0 unspecified atom stereocenters. The van der Waals surface area contributed by atoms with E-state index in [1.807, 2.05) is 66.7 Å². The standard InChI is InChI=1S/C30H28O4/c1-5-33-30(31)21(3)17-22-11-13-25(14-12-22)34-29-27-16-15-26(32-4)19-24(27)18-20(2)28(29)23-9-7-6-8-10-23/h6-19H,5H2,1-4H3/b21-17+. The lowest BCUT2D eigenvalue weighted by molar-refractivity contribution is -0.138. The van der Waals surface area contributed by atoms with E-state index in [1.165, 1.54) is 0 Å². The van der Waals surface area contributed by atoms with Crippen molar-refractivity contribution in [2.24, 2.45) is 0 Å². The molecule has 34 heavy (non-hydrogen) atoms. The molecule has 0 aliphatic carbocycles. The minimum Gasteiger partial charge on any atom is -0.497 e. The van der Waals surface area contributed by atoms with E-state index in [0.29, 0.717) is 17.9 Å². The Hall–Kier alpha value is -4.05. The van der Waals surface area contributed by atoms with Gasteiger partial charge in [0.15, 0.2) is 0 Å². The summed E-state index contributed by atoms with van der Waals surface area (Å²) in [5.74, 6) is 2.01. The molecule has 4 nitrogen and oxygen atoms in total. The molecule has 0 bridgehead atoms. The molecule has 0 heterocycles. The van der Waals surface area contributed by atoms with E-state index in [0.717, 1.165) is 44.5 Å². The topological polar surface area (TPSA) is 44.8 Å². The molecule has 4 heteroatoms. The fourth-order valence-corrected chi connectivity index (χ4v) is 3.99. The van der Waals surface area contributed by atoms with Gasteiger partial charge in [0.25, 0.3) is 0 Å². The maximum atomic E-state index is 11.9. The molecule has 0 spiro atoms. The summed E-state index contributed by atoms with van der Waals surface area (Å²) in [4.78, 5) is 11.9. The van der Waals surface area contributed by atoms with Crippen molar-refractivity contribution in [3.63, 3.8) is 0 Å². The number of fused-ring (bicyclic) bond motifs is 1. The third kappa shape index (κ3) is 4.96. The van der Waals surface area contributed by atoms with E-state index in [4.69, 9.17) is 14.2 Å². The van der Waals surface area contributed by atoms with Crippen molar-refractivity contribution in [2.75, 3.05) is 13.7 Å². The van der Waals surface area contributed by atoms with Crippen LogP contribution in [0.25, 0.3) is 28.0 Å². The number of rotatable bonds is 7. The molecular weight excluding hydrogens is 424 g/mol. The fourth-order valence-electron chi connectivity index (χ4n) is 3.99. The molecule has 4 aromatic carbocycles. The number of hydrogen-bond donors (Lipinski definition) is 0. The molecule has 0 aromatic heterocycles. The van der Waals surface area contributed by atoms with Crippen LogP contribution in [0, 0.1) is 6.92 Å². The molecule has 0 aliphatic rings. The van der Waals surface area contributed by atoms with Gasteiger partial charge < -0.3 is 14.2 Å². The Morgan fingerprint density at radius 2 is 1.62 bits per heavy atom. The summed E-state index contributed by atoms with van der Waals surface area (Å²) in [6, 6.07) is 26.1. The van der Waals surface area contributed by atoms with Crippen LogP contribution in [0.4, 0.5) is 0 Å². The van der Waals surface area contributed by atoms with Crippen molar-refractivity contribution >= 4 is 22.8 Å². The lowest BCUT2D eigenvalue weighted by atomic mass is 9.94. The van der Waals surface area contributed by atoms with Crippen molar-refractivity contribution in [1.82, 2.24) is 0 Å². The number of benzene rings is 4. The summed E-state index contributed by atoms with van der Waals surface area (Å²) < 4.78 is 17.0. The highest BCUT2D eigenvalue weighted by atomic mass is 16.5. The third-order valence-electron chi connectivity index (χ3n) is 5.64. The van der Waals surface area contributed by atoms with Crippen LogP contribution in [0.5, 0.6) is 17.2 Å². The van der Waals surface area contributed by atoms with E-state index < -0.39 is 0 Å². The predicted octanol–water partition coefficient (Wildman–Crippen LogP) is 7.58. The molecule has 0 fully saturated rings. The normalized spacial score (nSPS) is 11.4. The van der Waals surface area contributed by atoms with E-state index in [-0.39, 0.29) is 5.97 Å². The van der Waals surface area contributed by atoms with Gasteiger partial charge in [0.2, 0.25) is 0 Å². The first-order chi connectivity index (χ1) is 16.5. The summed E-state index contributed by atoms with van der Waals surface area (Å²) in [7, 11) is 1.67. The second-order valence-corrected chi connectivity index (χ2v) is 8.07. The molecule has 0 atom stereocenters. The van der Waals surface area contributed by atoms with Gasteiger partial charge in [-0.1, -0.05) is 48.5 Å². The van der Waals surface area contributed by atoms with Crippen molar-refractivity contribution in [3.05, 3.63) is 95.6 Å². The highest BCUT2D eigenvalue weighted by Gasteiger charge is 2.16. The number of carbonyl (C=O) groups excluding carboxylic acids is 1. The Balaban J connectivity index is 1.76. The minimum atomic E-state index is -0.308. The molecular formula is C30H28O4. The molecule has 0 saturated heterocycles. The number of ether oxygens (including phenoxy) is 3. The second-order valence-electron chi connectivity index (χ2n) is 8.07. The molecule has 4 rings (SSSR count). The molecule has 0 amide bonds. The van der Waals surface area contributed by atoms with Crippen LogP contribution in [-0.4, -0.2) is 19.7 Å². The first-order valence-corrected chi connectivity index (χ1v) is 11.3. The highest BCUT2D eigenvalue weighted by Crippen LogP contribution is 2.42. The van der Waals surface area contributed by atoms with Crippen molar-refractivity contribution in [3.8, 4) is 28.4 Å². The number of aryl methyl sites for hydroxylation is 1. The summed E-state index contributed by atoms with van der Waals surface area (Å²) in [6.07, 6.45) is 1.81. The Kier molecular flexibility index (Phi) is 6.98. The van der Waals surface area contributed by atoms with Crippen molar-refractivity contribution < 1.29 is 19.0 Å². The van der Waals surface area contributed by atoms with Gasteiger partial charge >= 0.3 is 5.97 Å². The first kappa shape index (κ1) is 23.1. The van der Waals surface area contributed by atoms with Crippen LogP contribution in [-0.2, 0) is 9.53 Å². The van der Waals surface area contributed by atoms with Gasteiger partial charge in [-0.15, -0.1) is 0 Å². The molecule has 0 aliphatic heterocycles. The molecule has 0 saturated carbocycles. The van der Waals surface area contributed by atoms with Crippen molar-refractivity contribution in [2.45, 2.75) is 20.8 Å². The molecule has 0 radical (unpaired) electrons. The lowest BCUT2D eigenvalue weighted by Crippen LogP contribution is -2.04. The molecule has 4 aromatic rings. The zero-order chi connectivity index (χ0) is 24.1. The average molecular weight is 453 g/mol. The zero-order valence-corrected chi connectivity index (χ0v) is 19.9. The monoisotopic (exact) mass is 452 g/mol. The van der Waals surface area contributed by atoms with E-state index in [1.54, 1.807) is 21.0 Å². The van der Waals surface area contributed by atoms with Crippen LogP contribution in [0.15, 0.2) is 84.4 Å². The smallest absolute Gasteiger partial charge is 0.333 e. The highest BCUT2D eigenvalue weighted by molar-refractivity contribution is 5.98. The Bertz CT molecular complexity index is 1340. The van der Waals surface area contributed by atoms with Gasteiger partial charge in [0.05, 0.1) is 13.7 Å². The van der Waals surface area contributed by atoms with E-state index >= 15 is 0 Å².